The van der Waals surface area contributed by atoms with E-state index in [0.717, 1.165) is 13.1 Å². The zero-order valence-corrected chi connectivity index (χ0v) is 14.6. The summed E-state index contributed by atoms with van der Waals surface area (Å²) in [7, 11) is 1.55. The molecule has 6 nitrogen and oxygen atoms in total. The van der Waals surface area contributed by atoms with Gasteiger partial charge >= 0.3 is 0 Å². The minimum atomic E-state index is -0.157. The molecule has 0 radical (unpaired) electrons. The molecule has 6 heteroatoms. The van der Waals surface area contributed by atoms with Crippen LogP contribution in [0.2, 0.25) is 0 Å². The maximum atomic E-state index is 12.4. The van der Waals surface area contributed by atoms with Gasteiger partial charge in [0.2, 0.25) is 11.8 Å². The van der Waals surface area contributed by atoms with Gasteiger partial charge in [-0.1, -0.05) is 6.92 Å². The number of rotatable bonds is 6. The van der Waals surface area contributed by atoms with Gasteiger partial charge in [0.25, 0.3) is 0 Å². The number of hydrogen-bond donors (Lipinski definition) is 3. The van der Waals surface area contributed by atoms with Crippen LogP contribution in [0, 0.1) is 11.8 Å². The molecule has 3 N–H and O–H groups in total. The molecule has 0 bridgehead atoms. The SMILES string of the molecule is COc1ccc(NC(C)=O)cc1NC(=O)CC(C)C1CCCNC1. The Morgan fingerprint density at radius 3 is 2.79 bits per heavy atom. The van der Waals surface area contributed by atoms with Crippen LogP contribution >= 0.6 is 0 Å². The number of carbonyl (C=O) groups excluding carboxylic acids is 2. The Morgan fingerprint density at radius 1 is 1.38 bits per heavy atom. The second kappa shape index (κ2) is 8.68. The number of ether oxygens (including phenoxy) is 1. The quantitative estimate of drug-likeness (QED) is 0.748. The van der Waals surface area contributed by atoms with Crippen LogP contribution in [0.1, 0.15) is 33.1 Å². The molecule has 2 amide bonds. The first kappa shape index (κ1) is 18.3. The predicted molar refractivity (Wildman–Crippen MR) is 95.3 cm³/mol. The van der Waals surface area contributed by atoms with Gasteiger partial charge in [0.05, 0.1) is 12.8 Å². The molecule has 1 aliphatic rings. The van der Waals surface area contributed by atoms with Crippen molar-refractivity contribution in [1.29, 1.82) is 0 Å². The fourth-order valence-electron chi connectivity index (χ4n) is 3.11. The van der Waals surface area contributed by atoms with Crippen molar-refractivity contribution in [3.05, 3.63) is 18.2 Å². The zero-order chi connectivity index (χ0) is 17.5. The molecule has 1 saturated heterocycles. The van der Waals surface area contributed by atoms with E-state index >= 15 is 0 Å². The molecule has 1 aromatic carbocycles. The van der Waals surface area contributed by atoms with Crippen LogP contribution in [0.25, 0.3) is 0 Å². The standard InChI is InChI=1S/C18H27N3O3/c1-12(14-5-4-8-19-11-14)9-18(23)21-16-10-15(20-13(2)22)6-7-17(16)24-3/h6-7,10,12,14,19H,4-5,8-9,11H2,1-3H3,(H,20,22)(H,21,23). The Balaban J connectivity index is 1.99. The summed E-state index contributed by atoms with van der Waals surface area (Å²) in [5, 5.41) is 9.01. The number of anilines is 2. The summed E-state index contributed by atoms with van der Waals surface area (Å²) in [6, 6.07) is 5.19. The van der Waals surface area contributed by atoms with Crippen LogP contribution < -0.4 is 20.7 Å². The summed E-state index contributed by atoms with van der Waals surface area (Å²) in [4.78, 5) is 23.6. The van der Waals surface area contributed by atoms with Gasteiger partial charge in [-0.3, -0.25) is 9.59 Å². The lowest BCUT2D eigenvalue weighted by atomic mass is 9.85. The van der Waals surface area contributed by atoms with Gasteiger partial charge in [-0.2, -0.15) is 0 Å². The van der Waals surface area contributed by atoms with E-state index < -0.39 is 0 Å². The van der Waals surface area contributed by atoms with Gasteiger partial charge < -0.3 is 20.7 Å². The van der Waals surface area contributed by atoms with E-state index in [-0.39, 0.29) is 11.8 Å². The van der Waals surface area contributed by atoms with Gasteiger partial charge in [-0.15, -0.1) is 0 Å². The normalized spacial score (nSPS) is 18.5. The van der Waals surface area contributed by atoms with Crippen molar-refractivity contribution >= 4 is 23.2 Å². The molecule has 0 aromatic heterocycles. The van der Waals surface area contributed by atoms with Crippen molar-refractivity contribution in [3.63, 3.8) is 0 Å². The second-order valence-corrected chi connectivity index (χ2v) is 6.43. The molecule has 1 fully saturated rings. The van der Waals surface area contributed by atoms with Crippen molar-refractivity contribution in [2.24, 2.45) is 11.8 Å². The number of amides is 2. The first-order valence-electron chi connectivity index (χ1n) is 8.45. The van der Waals surface area contributed by atoms with Crippen LogP contribution in [-0.2, 0) is 9.59 Å². The van der Waals surface area contributed by atoms with Crippen molar-refractivity contribution in [3.8, 4) is 5.75 Å². The maximum Gasteiger partial charge on any atom is 0.224 e. The zero-order valence-electron chi connectivity index (χ0n) is 14.6. The van der Waals surface area contributed by atoms with Gasteiger partial charge in [-0.05, 0) is 56.0 Å². The molecule has 2 atom stereocenters. The van der Waals surface area contributed by atoms with Gasteiger partial charge in [0, 0.05) is 19.0 Å². The van der Waals surface area contributed by atoms with Gasteiger partial charge in [0.1, 0.15) is 5.75 Å². The number of hydrogen-bond acceptors (Lipinski definition) is 4. The van der Waals surface area contributed by atoms with Crippen LogP contribution in [-0.4, -0.2) is 32.0 Å². The van der Waals surface area contributed by atoms with E-state index in [1.54, 1.807) is 25.3 Å². The molecule has 0 aliphatic carbocycles. The fourth-order valence-corrected chi connectivity index (χ4v) is 3.11. The van der Waals surface area contributed by atoms with Crippen molar-refractivity contribution < 1.29 is 14.3 Å². The minimum Gasteiger partial charge on any atom is -0.495 e. The highest BCUT2D eigenvalue weighted by atomic mass is 16.5. The van der Waals surface area contributed by atoms with Gasteiger partial charge in [-0.25, -0.2) is 0 Å². The first-order valence-corrected chi connectivity index (χ1v) is 8.45. The van der Waals surface area contributed by atoms with Crippen molar-refractivity contribution in [2.75, 3.05) is 30.8 Å². The molecule has 1 aromatic rings. The summed E-state index contributed by atoms with van der Waals surface area (Å²) < 4.78 is 5.29. The highest BCUT2D eigenvalue weighted by Gasteiger charge is 2.22. The Kier molecular flexibility index (Phi) is 6.61. The molecule has 1 aliphatic heterocycles. The van der Waals surface area contributed by atoms with E-state index in [1.165, 1.54) is 19.8 Å². The molecule has 24 heavy (non-hydrogen) atoms. The van der Waals surface area contributed by atoms with E-state index in [4.69, 9.17) is 4.74 Å². The summed E-state index contributed by atoms with van der Waals surface area (Å²) in [5.41, 5.74) is 1.20. The number of methoxy groups -OCH3 is 1. The average molecular weight is 333 g/mol. The maximum absolute atomic E-state index is 12.4. The molecule has 0 spiro atoms. The van der Waals surface area contributed by atoms with Crippen molar-refractivity contribution in [2.45, 2.75) is 33.1 Å². The largest absolute Gasteiger partial charge is 0.495 e. The summed E-state index contributed by atoms with van der Waals surface area (Å²) in [5.74, 6) is 1.24. The predicted octanol–water partition coefficient (Wildman–Crippen LogP) is 2.62. The lowest BCUT2D eigenvalue weighted by Gasteiger charge is -2.28. The number of carbonyl (C=O) groups is 2. The van der Waals surface area contributed by atoms with Crippen molar-refractivity contribution in [1.82, 2.24) is 5.32 Å². The lowest BCUT2D eigenvalue weighted by Crippen LogP contribution is -2.34. The lowest BCUT2D eigenvalue weighted by molar-refractivity contribution is -0.117. The van der Waals surface area contributed by atoms with Crippen LogP contribution in [0.5, 0.6) is 5.75 Å². The molecular formula is C18H27N3O3. The number of benzene rings is 1. The topological polar surface area (TPSA) is 79.5 Å². The minimum absolute atomic E-state index is 0.0358. The van der Waals surface area contributed by atoms with Crippen LogP contribution in [0.3, 0.4) is 0 Å². The summed E-state index contributed by atoms with van der Waals surface area (Å²) >= 11 is 0. The second-order valence-electron chi connectivity index (χ2n) is 6.43. The third kappa shape index (κ3) is 5.23. The highest BCUT2D eigenvalue weighted by Crippen LogP contribution is 2.29. The Bertz CT molecular complexity index is 583. The molecule has 0 saturated carbocycles. The van der Waals surface area contributed by atoms with Crippen LogP contribution in [0.15, 0.2) is 18.2 Å². The Hall–Kier alpha value is -2.08. The molecule has 2 unspecified atom stereocenters. The first-order chi connectivity index (χ1) is 11.5. The number of piperidine rings is 1. The smallest absolute Gasteiger partial charge is 0.224 e. The Labute approximate surface area is 143 Å². The van der Waals surface area contributed by atoms with E-state index in [0.29, 0.717) is 35.4 Å². The van der Waals surface area contributed by atoms with Gasteiger partial charge in [0.15, 0.2) is 0 Å². The molecular weight excluding hydrogens is 306 g/mol. The summed E-state index contributed by atoms with van der Waals surface area (Å²) in [6.07, 6.45) is 2.81. The third-order valence-electron chi connectivity index (χ3n) is 4.44. The van der Waals surface area contributed by atoms with E-state index in [9.17, 15) is 9.59 Å². The highest BCUT2D eigenvalue weighted by molar-refractivity contribution is 5.95. The fraction of sp³-hybridized carbons (Fsp3) is 0.556. The number of nitrogens with one attached hydrogen (secondary N) is 3. The third-order valence-corrected chi connectivity index (χ3v) is 4.44. The Morgan fingerprint density at radius 2 is 2.17 bits per heavy atom. The summed E-state index contributed by atoms with van der Waals surface area (Å²) in [6.45, 7) is 5.63. The molecule has 1 heterocycles. The average Bonchev–Trinajstić information content (AvgIpc) is 2.55. The monoisotopic (exact) mass is 333 g/mol. The van der Waals surface area contributed by atoms with E-state index in [2.05, 4.69) is 22.9 Å². The molecule has 2 rings (SSSR count). The van der Waals surface area contributed by atoms with E-state index in [1.807, 2.05) is 0 Å². The van der Waals surface area contributed by atoms with Crippen LogP contribution in [0.4, 0.5) is 11.4 Å². The molecule has 132 valence electrons.